The molecule has 2 fully saturated rings. The highest BCUT2D eigenvalue weighted by molar-refractivity contribution is 5.54. The van der Waals surface area contributed by atoms with Gasteiger partial charge >= 0.3 is 0 Å². The number of hydrogen-bond donors (Lipinski definition) is 1. The third-order valence-corrected chi connectivity index (χ3v) is 4.48. The predicted molar refractivity (Wildman–Crippen MR) is 78.3 cm³/mol. The average molecular weight is 260 g/mol. The second-order valence-corrected chi connectivity index (χ2v) is 5.79. The van der Waals surface area contributed by atoms with Gasteiger partial charge in [0.1, 0.15) is 0 Å². The highest BCUT2D eigenvalue weighted by atomic mass is 15.3. The van der Waals surface area contributed by atoms with Crippen LogP contribution in [0.25, 0.3) is 0 Å². The fourth-order valence-corrected chi connectivity index (χ4v) is 3.39. The Hall–Kier alpha value is -1.13. The predicted octanol–water partition coefficient (Wildman–Crippen LogP) is 1.52. The maximum absolute atomic E-state index is 5.85. The normalized spacial score (nSPS) is 24.3. The van der Waals surface area contributed by atoms with Crippen LogP contribution in [0.5, 0.6) is 0 Å². The molecule has 1 unspecified atom stereocenters. The van der Waals surface area contributed by atoms with Crippen molar-refractivity contribution in [2.45, 2.75) is 38.8 Å². The summed E-state index contributed by atoms with van der Waals surface area (Å²) >= 11 is 0. The maximum Gasteiger partial charge on any atom is 0.0446 e. The highest BCUT2D eigenvalue weighted by Crippen LogP contribution is 2.28. The van der Waals surface area contributed by atoms with Gasteiger partial charge in [0.2, 0.25) is 0 Å². The van der Waals surface area contributed by atoms with Crippen LogP contribution in [-0.2, 0) is 6.54 Å². The number of nitrogens with two attached hydrogens (primary N) is 1. The van der Waals surface area contributed by atoms with Gasteiger partial charge in [-0.2, -0.15) is 0 Å². The fourth-order valence-electron chi connectivity index (χ4n) is 3.39. The molecule has 2 saturated heterocycles. The summed E-state index contributed by atoms with van der Waals surface area (Å²) in [5.41, 5.74) is 9.40. The molecule has 3 rings (SSSR count). The molecular weight excluding hydrogens is 236 g/mol. The molecule has 1 aromatic rings. The molecule has 2 N–H and O–H groups in total. The minimum Gasteiger partial charge on any atom is -0.370 e. The fraction of sp³-hybridized carbons (Fsp3) is 0.667. The molecule has 0 radical (unpaired) electrons. The topological polar surface area (TPSA) is 45.4 Å². The van der Waals surface area contributed by atoms with Crippen LogP contribution >= 0.6 is 0 Å². The molecule has 104 valence electrons. The van der Waals surface area contributed by atoms with Crippen molar-refractivity contribution >= 4 is 5.69 Å². The molecule has 3 heterocycles. The zero-order valence-electron chi connectivity index (χ0n) is 11.8. The van der Waals surface area contributed by atoms with Crippen LogP contribution in [0.1, 0.15) is 30.5 Å². The summed E-state index contributed by atoms with van der Waals surface area (Å²) in [4.78, 5) is 9.52. The third kappa shape index (κ3) is 2.60. The minimum absolute atomic E-state index is 0.577. The monoisotopic (exact) mass is 260 g/mol. The van der Waals surface area contributed by atoms with Crippen LogP contribution in [0.3, 0.4) is 0 Å². The van der Waals surface area contributed by atoms with Crippen molar-refractivity contribution < 1.29 is 0 Å². The molecule has 19 heavy (non-hydrogen) atoms. The first kappa shape index (κ1) is 12.9. The summed E-state index contributed by atoms with van der Waals surface area (Å²) in [6.07, 6.45) is 5.97. The molecule has 0 saturated carbocycles. The number of nitrogens with zero attached hydrogens (tertiary/aromatic N) is 3. The lowest BCUT2D eigenvalue weighted by molar-refractivity contribution is 0.260. The molecule has 0 aliphatic carbocycles. The van der Waals surface area contributed by atoms with E-state index >= 15 is 0 Å². The number of anilines is 1. The first-order chi connectivity index (χ1) is 9.28. The van der Waals surface area contributed by atoms with E-state index in [1.165, 1.54) is 43.6 Å². The second kappa shape index (κ2) is 5.47. The van der Waals surface area contributed by atoms with Crippen LogP contribution < -0.4 is 10.6 Å². The van der Waals surface area contributed by atoms with Crippen LogP contribution in [0, 0.1) is 6.92 Å². The highest BCUT2D eigenvalue weighted by Gasteiger charge is 2.30. The lowest BCUT2D eigenvalue weighted by atomic mass is 10.2. The van der Waals surface area contributed by atoms with Gasteiger partial charge in [-0.3, -0.25) is 9.88 Å². The van der Waals surface area contributed by atoms with Crippen LogP contribution in [-0.4, -0.2) is 42.1 Å². The van der Waals surface area contributed by atoms with Crippen molar-refractivity contribution in [1.29, 1.82) is 0 Å². The Labute approximate surface area is 115 Å². The lowest BCUT2D eigenvalue weighted by Crippen LogP contribution is -2.35. The number of pyridine rings is 1. The van der Waals surface area contributed by atoms with E-state index in [1.54, 1.807) is 0 Å². The molecule has 0 amide bonds. The molecular formula is C15H24N4. The maximum atomic E-state index is 5.85. The van der Waals surface area contributed by atoms with Gasteiger partial charge < -0.3 is 10.6 Å². The second-order valence-electron chi connectivity index (χ2n) is 5.79. The molecule has 2 aliphatic rings. The summed E-state index contributed by atoms with van der Waals surface area (Å²) in [6.45, 7) is 7.51. The number of rotatable bonds is 3. The van der Waals surface area contributed by atoms with E-state index in [2.05, 4.69) is 27.8 Å². The standard InChI is InChI=1S/C15H24N4/c1-12-8-15(13(9-16)10-17-12)19-7-4-14(11-19)18-5-2-3-6-18/h8,10,14H,2-7,9,11,16H2,1H3. The first-order valence-electron chi connectivity index (χ1n) is 7.42. The van der Waals surface area contributed by atoms with E-state index in [4.69, 9.17) is 5.73 Å². The van der Waals surface area contributed by atoms with Gasteiger partial charge in [0.25, 0.3) is 0 Å². The summed E-state index contributed by atoms with van der Waals surface area (Å²) in [5, 5.41) is 0. The van der Waals surface area contributed by atoms with Crippen molar-refractivity contribution in [2.75, 3.05) is 31.1 Å². The molecule has 1 atom stereocenters. The summed E-state index contributed by atoms with van der Waals surface area (Å²) in [7, 11) is 0. The Morgan fingerprint density at radius 3 is 2.84 bits per heavy atom. The van der Waals surface area contributed by atoms with Gasteiger partial charge in [-0.05, 0) is 45.3 Å². The number of likely N-dealkylation sites (tertiary alicyclic amines) is 1. The third-order valence-electron chi connectivity index (χ3n) is 4.48. The van der Waals surface area contributed by atoms with Crippen molar-refractivity contribution in [3.05, 3.63) is 23.5 Å². The van der Waals surface area contributed by atoms with Crippen molar-refractivity contribution in [2.24, 2.45) is 5.73 Å². The Morgan fingerprint density at radius 2 is 2.11 bits per heavy atom. The number of aryl methyl sites for hydroxylation is 1. The van der Waals surface area contributed by atoms with E-state index in [9.17, 15) is 0 Å². The van der Waals surface area contributed by atoms with Gasteiger partial charge in [-0.15, -0.1) is 0 Å². The summed E-state index contributed by atoms with van der Waals surface area (Å²) < 4.78 is 0. The van der Waals surface area contributed by atoms with Gasteiger partial charge in [-0.1, -0.05) is 0 Å². The lowest BCUT2D eigenvalue weighted by Gasteiger charge is -2.25. The average Bonchev–Trinajstić information content (AvgIpc) is 3.09. The minimum atomic E-state index is 0.577. The van der Waals surface area contributed by atoms with Crippen LogP contribution in [0.4, 0.5) is 5.69 Å². The van der Waals surface area contributed by atoms with Crippen molar-refractivity contribution in [3.8, 4) is 0 Å². The molecule has 4 heteroatoms. The van der Waals surface area contributed by atoms with E-state index in [-0.39, 0.29) is 0 Å². The Morgan fingerprint density at radius 1 is 1.32 bits per heavy atom. The van der Waals surface area contributed by atoms with Gasteiger partial charge in [-0.25, -0.2) is 0 Å². The van der Waals surface area contributed by atoms with Gasteiger partial charge in [0, 0.05) is 48.8 Å². The van der Waals surface area contributed by atoms with E-state index in [0.29, 0.717) is 6.54 Å². The van der Waals surface area contributed by atoms with E-state index in [0.717, 1.165) is 24.8 Å². The Balaban J connectivity index is 1.75. The van der Waals surface area contributed by atoms with Crippen LogP contribution in [0.2, 0.25) is 0 Å². The molecule has 0 aromatic carbocycles. The smallest absolute Gasteiger partial charge is 0.0446 e. The van der Waals surface area contributed by atoms with Crippen LogP contribution in [0.15, 0.2) is 12.3 Å². The Bertz CT molecular complexity index is 440. The molecule has 1 aromatic heterocycles. The largest absolute Gasteiger partial charge is 0.370 e. The quantitative estimate of drug-likeness (QED) is 0.895. The SMILES string of the molecule is Cc1cc(N2CCC(N3CCCC3)C2)c(CN)cn1. The summed E-state index contributed by atoms with van der Waals surface area (Å²) in [5.74, 6) is 0. The number of hydrogen-bond acceptors (Lipinski definition) is 4. The van der Waals surface area contributed by atoms with Crippen molar-refractivity contribution in [1.82, 2.24) is 9.88 Å². The van der Waals surface area contributed by atoms with Crippen molar-refractivity contribution in [3.63, 3.8) is 0 Å². The molecule has 4 nitrogen and oxygen atoms in total. The van der Waals surface area contributed by atoms with E-state index < -0.39 is 0 Å². The molecule has 2 aliphatic heterocycles. The van der Waals surface area contributed by atoms with Gasteiger partial charge in [0.15, 0.2) is 0 Å². The van der Waals surface area contributed by atoms with E-state index in [1.807, 2.05) is 6.20 Å². The first-order valence-corrected chi connectivity index (χ1v) is 7.42. The molecule has 0 bridgehead atoms. The zero-order chi connectivity index (χ0) is 13.2. The zero-order valence-corrected chi connectivity index (χ0v) is 11.8. The summed E-state index contributed by atoms with van der Waals surface area (Å²) in [6, 6.07) is 2.93. The Kier molecular flexibility index (Phi) is 3.71. The van der Waals surface area contributed by atoms with Gasteiger partial charge in [0.05, 0.1) is 0 Å². The number of aromatic nitrogens is 1. The molecule has 0 spiro atoms.